The summed E-state index contributed by atoms with van der Waals surface area (Å²) in [7, 11) is -1.76. The Labute approximate surface area is 148 Å². The lowest BCUT2D eigenvalue weighted by Gasteiger charge is -2.05. The summed E-state index contributed by atoms with van der Waals surface area (Å²) >= 11 is 1.35. The van der Waals surface area contributed by atoms with E-state index in [2.05, 4.69) is 15.0 Å². The lowest BCUT2D eigenvalue weighted by molar-refractivity contribution is 0.102. The highest BCUT2D eigenvalue weighted by Crippen LogP contribution is 2.29. The van der Waals surface area contributed by atoms with Crippen molar-refractivity contribution in [1.82, 2.24) is 4.98 Å². The number of ether oxygens (including phenoxy) is 1. The molecule has 1 amide bonds. The molecule has 2 N–H and O–H groups in total. The van der Waals surface area contributed by atoms with Crippen molar-refractivity contribution in [1.29, 1.82) is 0 Å². The molecule has 0 aliphatic rings. The van der Waals surface area contributed by atoms with Crippen molar-refractivity contribution in [3.63, 3.8) is 0 Å². The number of nitrogens with zero attached hydrogens (tertiary/aromatic N) is 1. The number of carbonyl (C=O) groups is 1. The number of methoxy groups -OCH3 is 1. The van der Waals surface area contributed by atoms with Crippen LogP contribution in [0.25, 0.3) is 10.2 Å². The smallest absolute Gasteiger partial charge is 0.257 e. The SMILES string of the molecule is COc1ccc2nc(NC(=O)c3ccc(NS(C)(=O)=O)cc3)sc2c1. The molecule has 25 heavy (non-hydrogen) atoms. The second-order valence-electron chi connectivity index (χ2n) is 5.26. The largest absolute Gasteiger partial charge is 0.497 e. The van der Waals surface area contributed by atoms with Crippen molar-refractivity contribution >= 4 is 48.3 Å². The van der Waals surface area contributed by atoms with Crippen molar-refractivity contribution < 1.29 is 17.9 Å². The summed E-state index contributed by atoms with van der Waals surface area (Å²) in [5, 5.41) is 3.22. The second-order valence-corrected chi connectivity index (χ2v) is 8.04. The van der Waals surface area contributed by atoms with Gasteiger partial charge in [0.1, 0.15) is 5.75 Å². The third kappa shape index (κ3) is 4.25. The van der Waals surface area contributed by atoms with Crippen molar-refractivity contribution in [2.45, 2.75) is 0 Å². The predicted molar refractivity (Wildman–Crippen MR) is 99.0 cm³/mol. The van der Waals surface area contributed by atoms with Gasteiger partial charge in [-0.1, -0.05) is 11.3 Å². The Bertz CT molecular complexity index is 1030. The van der Waals surface area contributed by atoms with E-state index in [1.54, 1.807) is 25.3 Å². The summed E-state index contributed by atoms with van der Waals surface area (Å²) < 4.78 is 30.8. The second kappa shape index (κ2) is 6.69. The molecule has 0 radical (unpaired) electrons. The van der Waals surface area contributed by atoms with Crippen LogP contribution in [0.5, 0.6) is 5.75 Å². The van der Waals surface area contributed by atoms with Gasteiger partial charge in [-0.2, -0.15) is 0 Å². The molecule has 0 atom stereocenters. The highest BCUT2D eigenvalue weighted by Gasteiger charge is 2.11. The summed E-state index contributed by atoms with van der Waals surface area (Å²) in [6, 6.07) is 11.6. The monoisotopic (exact) mass is 377 g/mol. The first kappa shape index (κ1) is 17.2. The van der Waals surface area contributed by atoms with Gasteiger partial charge in [0.2, 0.25) is 10.0 Å². The number of thiazole rings is 1. The maximum atomic E-state index is 12.3. The molecule has 2 aromatic carbocycles. The van der Waals surface area contributed by atoms with Crippen LogP contribution in [0.3, 0.4) is 0 Å². The first-order valence-corrected chi connectivity index (χ1v) is 9.88. The van der Waals surface area contributed by atoms with Crippen LogP contribution in [-0.4, -0.2) is 32.7 Å². The van der Waals surface area contributed by atoms with Crippen LogP contribution in [0.4, 0.5) is 10.8 Å². The highest BCUT2D eigenvalue weighted by molar-refractivity contribution is 7.92. The average molecular weight is 377 g/mol. The quantitative estimate of drug-likeness (QED) is 0.712. The molecule has 3 aromatic rings. The zero-order valence-corrected chi connectivity index (χ0v) is 15.1. The fraction of sp³-hybridized carbons (Fsp3) is 0.125. The van der Waals surface area contributed by atoms with Gasteiger partial charge in [-0.05, 0) is 42.5 Å². The molecule has 130 valence electrons. The molecule has 0 aliphatic carbocycles. The predicted octanol–water partition coefficient (Wildman–Crippen LogP) is 2.93. The van der Waals surface area contributed by atoms with Gasteiger partial charge >= 0.3 is 0 Å². The van der Waals surface area contributed by atoms with Crippen LogP contribution in [0, 0.1) is 0 Å². The van der Waals surface area contributed by atoms with E-state index < -0.39 is 10.0 Å². The van der Waals surface area contributed by atoms with Crippen molar-refractivity contribution in [2.75, 3.05) is 23.4 Å². The molecule has 0 saturated heterocycles. The molecule has 0 aliphatic heterocycles. The molecular weight excluding hydrogens is 362 g/mol. The normalized spacial score (nSPS) is 11.3. The molecule has 1 aromatic heterocycles. The summed E-state index contributed by atoms with van der Waals surface area (Å²) in [6.07, 6.45) is 1.07. The Morgan fingerprint density at radius 2 is 1.88 bits per heavy atom. The van der Waals surface area contributed by atoms with E-state index in [0.29, 0.717) is 16.4 Å². The van der Waals surface area contributed by atoms with Gasteiger partial charge < -0.3 is 4.74 Å². The molecule has 0 spiro atoms. The van der Waals surface area contributed by atoms with Crippen molar-refractivity contribution in [3.05, 3.63) is 48.0 Å². The van der Waals surface area contributed by atoms with E-state index in [1.165, 1.54) is 23.5 Å². The van der Waals surface area contributed by atoms with Crippen LogP contribution in [0.2, 0.25) is 0 Å². The number of hydrogen-bond donors (Lipinski definition) is 2. The maximum Gasteiger partial charge on any atom is 0.257 e. The molecule has 3 rings (SSSR count). The Kier molecular flexibility index (Phi) is 4.60. The third-order valence-electron chi connectivity index (χ3n) is 3.27. The van der Waals surface area contributed by atoms with Crippen molar-refractivity contribution in [2.24, 2.45) is 0 Å². The lowest BCUT2D eigenvalue weighted by Crippen LogP contribution is -2.12. The summed E-state index contributed by atoms with van der Waals surface area (Å²) in [5.74, 6) is 0.403. The van der Waals surface area contributed by atoms with Gasteiger partial charge in [0, 0.05) is 11.3 Å². The molecular formula is C16H15N3O4S2. The number of aromatic nitrogens is 1. The van der Waals surface area contributed by atoms with E-state index in [0.717, 1.165) is 22.2 Å². The van der Waals surface area contributed by atoms with Crippen molar-refractivity contribution in [3.8, 4) is 5.75 Å². The molecule has 0 bridgehead atoms. The fourth-order valence-electron chi connectivity index (χ4n) is 2.16. The van der Waals surface area contributed by atoms with Crippen LogP contribution < -0.4 is 14.8 Å². The van der Waals surface area contributed by atoms with Gasteiger partial charge in [0.15, 0.2) is 5.13 Å². The van der Waals surface area contributed by atoms with Gasteiger partial charge in [0.25, 0.3) is 5.91 Å². The number of sulfonamides is 1. The molecule has 0 saturated carbocycles. The molecule has 0 fully saturated rings. The Hall–Kier alpha value is -2.65. The first-order chi connectivity index (χ1) is 11.8. The fourth-order valence-corrected chi connectivity index (χ4v) is 3.61. The van der Waals surface area contributed by atoms with E-state index >= 15 is 0 Å². The topological polar surface area (TPSA) is 97.4 Å². The molecule has 1 heterocycles. The van der Waals surface area contributed by atoms with Gasteiger partial charge in [0.05, 0.1) is 23.6 Å². The number of rotatable bonds is 5. The van der Waals surface area contributed by atoms with Crippen LogP contribution >= 0.6 is 11.3 Å². The standard InChI is InChI=1S/C16H15N3O4S2/c1-23-12-7-8-13-14(9-12)24-16(17-13)18-15(20)10-3-5-11(6-4-10)19-25(2,21)22/h3-9,19H,1-2H3,(H,17,18,20). The zero-order chi connectivity index (χ0) is 18.0. The Morgan fingerprint density at radius 3 is 2.52 bits per heavy atom. The minimum absolute atomic E-state index is 0.322. The third-order valence-corrected chi connectivity index (χ3v) is 4.81. The number of nitrogens with one attached hydrogen (secondary N) is 2. The number of benzene rings is 2. The van der Waals surface area contributed by atoms with E-state index in [1.807, 2.05) is 12.1 Å². The van der Waals surface area contributed by atoms with Gasteiger partial charge in [-0.15, -0.1) is 0 Å². The van der Waals surface area contributed by atoms with Gasteiger partial charge in [-0.3, -0.25) is 14.8 Å². The summed E-state index contributed by atoms with van der Waals surface area (Å²) in [5.41, 5.74) is 1.57. The summed E-state index contributed by atoms with van der Waals surface area (Å²) in [4.78, 5) is 16.7. The number of carbonyl (C=O) groups excluding carboxylic acids is 1. The first-order valence-electron chi connectivity index (χ1n) is 7.18. The van der Waals surface area contributed by atoms with Crippen LogP contribution in [0.1, 0.15) is 10.4 Å². The van der Waals surface area contributed by atoms with Crippen LogP contribution in [0.15, 0.2) is 42.5 Å². The number of anilines is 2. The van der Waals surface area contributed by atoms with E-state index in [-0.39, 0.29) is 5.91 Å². The molecule has 0 unspecified atom stereocenters. The molecule has 9 heteroatoms. The zero-order valence-electron chi connectivity index (χ0n) is 13.4. The Balaban J connectivity index is 1.75. The Morgan fingerprint density at radius 1 is 1.16 bits per heavy atom. The van der Waals surface area contributed by atoms with Gasteiger partial charge in [-0.25, -0.2) is 13.4 Å². The van der Waals surface area contributed by atoms with Crippen LogP contribution in [-0.2, 0) is 10.0 Å². The number of fused-ring (bicyclic) bond motifs is 1. The highest BCUT2D eigenvalue weighted by atomic mass is 32.2. The minimum atomic E-state index is -3.35. The minimum Gasteiger partial charge on any atom is -0.497 e. The van der Waals surface area contributed by atoms with E-state index in [9.17, 15) is 13.2 Å². The average Bonchev–Trinajstić information content (AvgIpc) is 2.95. The number of hydrogen-bond acceptors (Lipinski definition) is 6. The molecule has 7 nitrogen and oxygen atoms in total. The number of amides is 1. The van der Waals surface area contributed by atoms with E-state index in [4.69, 9.17) is 4.74 Å². The lowest BCUT2D eigenvalue weighted by atomic mass is 10.2. The summed E-state index contributed by atoms with van der Waals surface area (Å²) in [6.45, 7) is 0. The maximum absolute atomic E-state index is 12.3.